The molecule has 12 heteroatoms. The maximum Gasteiger partial charge on any atom is 0.417 e. The standard InChI is InChI=1S/C23H32F3N5O3S/c1-22(2,3)34-21(33)31-14-17(12-18(31)20(32)30-10-11-35-15-30)28-6-8-29(9-7-28)19-5-4-16(13-27-19)23(24,25)26/h4-5,13,17-18H,6-12,14-15H2,1-3H3/t17-,18-/m0/s1. The maximum atomic E-state index is 13.2. The highest BCUT2D eigenvalue weighted by atomic mass is 32.2. The Morgan fingerprint density at radius 3 is 2.34 bits per heavy atom. The first-order chi connectivity index (χ1) is 16.4. The van der Waals surface area contributed by atoms with Crippen LogP contribution < -0.4 is 4.90 Å². The highest BCUT2D eigenvalue weighted by Crippen LogP contribution is 2.31. The molecule has 0 bridgehead atoms. The van der Waals surface area contributed by atoms with Gasteiger partial charge in [0, 0.05) is 57.3 Å². The van der Waals surface area contributed by atoms with E-state index in [4.69, 9.17) is 4.74 Å². The molecule has 1 aromatic heterocycles. The van der Waals surface area contributed by atoms with Gasteiger partial charge in [0.25, 0.3) is 0 Å². The lowest BCUT2D eigenvalue weighted by Gasteiger charge is -2.38. The Bertz CT molecular complexity index is 910. The van der Waals surface area contributed by atoms with Crippen LogP contribution in [0, 0.1) is 0 Å². The fourth-order valence-corrected chi connectivity index (χ4v) is 5.65. The number of anilines is 1. The van der Waals surface area contributed by atoms with Gasteiger partial charge in [-0.15, -0.1) is 11.8 Å². The smallest absolute Gasteiger partial charge is 0.417 e. The number of likely N-dealkylation sites (tertiary alicyclic amines) is 1. The number of halogens is 3. The van der Waals surface area contributed by atoms with Crippen molar-refractivity contribution in [2.24, 2.45) is 0 Å². The molecule has 4 heterocycles. The summed E-state index contributed by atoms with van der Waals surface area (Å²) in [6.45, 7) is 9.04. The summed E-state index contributed by atoms with van der Waals surface area (Å²) in [6.07, 6.45) is -3.48. The van der Waals surface area contributed by atoms with Gasteiger partial charge in [0.05, 0.1) is 11.4 Å². The minimum Gasteiger partial charge on any atom is -0.444 e. The Hall–Kier alpha value is -2.21. The van der Waals surface area contributed by atoms with E-state index in [-0.39, 0.29) is 11.9 Å². The molecule has 3 fully saturated rings. The zero-order valence-corrected chi connectivity index (χ0v) is 21.1. The van der Waals surface area contributed by atoms with Crippen molar-refractivity contribution in [3.05, 3.63) is 23.9 Å². The third kappa shape index (κ3) is 6.14. The average molecular weight is 516 g/mol. The van der Waals surface area contributed by atoms with Crippen LogP contribution in [0.25, 0.3) is 0 Å². The van der Waals surface area contributed by atoms with E-state index in [1.165, 1.54) is 6.07 Å². The van der Waals surface area contributed by atoms with Crippen molar-refractivity contribution in [3.8, 4) is 0 Å². The molecule has 35 heavy (non-hydrogen) atoms. The molecule has 3 aliphatic heterocycles. The van der Waals surface area contributed by atoms with E-state index in [0.29, 0.717) is 57.4 Å². The Balaban J connectivity index is 1.40. The van der Waals surface area contributed by atoms with Crippen molar-refractivity contribution in [3.63, 3.8) is 0 Å². The van der Waals surface area contributed by atoms with Crippen LogP contribution in [0.5, 0.6) is 0 Å². The fraction of sp³-hybridized carbons (Fsp3) is 0.696. The van der Waals surface area contributed by atoms with Gasteiger partial charge in [0.15, 0.2) is 0 Å². The van der Waals surface area contributed by atoms with E-state index >= 15 is 0 Å². The predicted molar refractivity (Wildman–Crippen MR) is 127 cm³/mol. The summed E-state index contributed by atoms with van der Waals surface area (Å²) in [5.41, 5.74) is -1.42. The zero-order chi connectivity index (χ0) is 25.4. The number of thioether (sulfide) groups is 1. The number of pyridine rings is 1. The van der Waals surface area contributed by atoms with E-state index in [0.717, 1.165) is 18.0 Å². The van der Waals surface area contributed by atoms with E-state index in [1.807, 2.05) is 9.80 Å². The van der Waals surface area contributed by atoms with Crippen LogP contribution in [-0.4, -0.2) is 100 Å². The number of alkyl halides is 3. The second-order valence-electron chi connectivity index (χ2n) is 10.1. The summed E-state index contributed by atoms with van der Waals surface area (Å²) in [7, 11) is 0. The van der Waals surface area contributed by atoms with Crippen LogP contribution in [0.4, 0.5) is 23.8 Å². The largest absolute Gasteiger partial charge is 0.444 e. The summed E-state index contributed by atoms with van der Waals surface area (Å²) < 4.78 is 44.1. The molecule has 1 aromatic rings. The Labute approximate surface area is 207 Å². The normalized spacial score (nSPS) is 24.2. The molecular formula is C23H32F3N5O3S. The summed E-state index contributed by atoms with van der Waals surface area (Å²) in [5, 5.41) is 0. The van der Waals surface area contributed by atoms with Gasteiger partial charge in [-0.1, -0.05) is 0 Å². The van der Waals surface area contributed by atoms with E-state index in [1.54, 1.807) is 37.4 Å². The quantitative estimate of drug-likeness (QED) is 0.613. The number of amides is 2. The van der Waals surface area contributed by atoms with Crippen molar-refractivity contribution in [1.29, 1.82) is 0 Å². The number of hydrogen-bond donors (Lipinski definition) is 0. The van der Waals surface area contributed by atoms with Crippen molar-refractivity contribution >= 4 is 29.6 Å². The maximum absolute atomic E-state index is 13.2. The molecule has 0 unspecified atom stereocenters. The molecule has 0 aliphatic carbocycles. The predicted octanol–water partition coefficient (Wildman–Crippen LogP) is 3.13. The molecule has 0 N–H and O–H groups in total. The average Bonchev–Trinajstić information content (AvgIpc) is 3.48. The lowest BCUT2D eigenvalue weighted by atomic mass is 10.1. The topological polar surface area (TPSA) is 69.2 Å². The Morgan fingerprint density at radius 2 is 1.80 bits per heavy atom. The number of aromatic nitrogens is 1. The van der Waals surface area contributed by atoms with Crippen LogP contribution in [0.2, 0.25) is 0 Å². The van der Waals surface area contributed by atoms with Gasteiger partial charge in [-0.3, -0.25) is 14.6 Å². The van der Waals surface area contributed by atoms with Crippen LogP contribution in [-0.2, 0) is 15.7 Å². The second-order valence-corrected chi connectivity index (χ2v) is 11.2. The number of carbonyl (C=O) groups is 2. The van der Waals surface area contributed by atoms with Crippen molar-refractivity contribution in [2.75, 3.05) is 55.8 Å². The lowest BCUT2D eigenvalue weighted by molar-refractivity contribution is -0.138. The van der Waals surface area contributed by atoms with Gasteiger partial charge >= 0.3 is 12.3 Å². The van der Waals surface area contributed by atoms with Crippen LogP contribution in [0.3, 0.4) is 0 Å². The van der Waals surface area contributed by atoms with Gasteiger partial charge in [-0.25, -0.2) is 9.78 Å². The van der Waals surface area contributed by atoms with Crippen molar-refractivity contribution in [2.45, 2.75) is 51.1 Å². The number of hydrogen-bond acceptors (Lipinski definition) is 7. The van der Waals surface area contributed by atoms with Gasteiger partial charge < -0.3 is 14.5 Å². The summed E-state index contributed by atoms with van der Waals surface area (Å²) in [5.74, 6) is 2.02. The monoisotopic (exact) mass is 515 g/mol. The summed E-state index contributed by atoms with van der Waals surface area (Å²) in [4.78, 5) is 37.8. The van der Waals surface area contributed by atoms with Gasteiger partial charge in [-0.05, 0) is 39.3 Å². The molecule has 3 aliphatic rings. The third-order valence-corrected chi connectivity index (χ3v) is 7.45. The number of ether oxygens (including phenoxy) is 1. The van der Waals surface area contributed by atoms with Crippen molar-refractivity contribution in [1.82, 2.24) is 19.7 Å². The zero-order valence-electron chi connectivity index (χ0n) is 20.3. The minimum atomic E-state index is -4.41. The SMILES string of the molecule is CC(C)(C)OC(=O)N1C[C@@H](N2CCN(c3ccc(C(F)(F)F)cn3)CC2)C[C@H]1C(=O)N1CCSC1. The summed E-state index contributed by atoms with van der Waals surface area (Å²) >= 11 is 1.70. The molecule has 2 amide bonds. The molecule has 194 valence electrons. The van der Waals surface area contributed by atoms with Crippen LogP contribution in [0.1, 0.15) is 32.8 Å². The first-order valence-electron chi connectivity index (χ1n) is 11.8. The molecule has 0 saturated carbocycles. The number of rotatable bonds is 3. The Kier molecular flexibility index (Phi) is 7.42. The molecular weight excluding hydrogens is 483 g/mol. The first kappa shape index (κ1) is 25.9. The summed E-state index contributed by atoms with van der Waals surface area (Å²) in [6, 6.07) is 1.91. The van der Waals surface area contributed by atoms with E-state index in [2.05, 4.69) is 9.88 Å². The molecule has 3 saturated heterocycles. The minimum absolute atomic E-state index is 0.00874. The number of nitrogens with zero attached hydrogens (tertiary/aromatic N) is 5. The Morgan fingerprint density at radius 1 is 1.09 bits per heavy atom. The van der Waals surface area contributed by atoms with Gasteiger partial charge in [-0.2, -0.15) is 13.2 Å². The molecule has 2 atom stereocenters. The number of piperazine rings is 1. The molecule has 0 aromatic carbocycles. The van der Waals surface area contributed by atoms with Gasteiger partial charge in [0.1, 0.15) is 17.5 Å². The van der Waals surface area contributed by atoms with Crippen LogP contribution in [0.15, 0.2) is 18.3 Å². The molecule has 0 spiro atoms. The highest BCUT2D eigenvalue weighted by molar-refractivity contribution is 7.99. The first-order valence-corrected chi connectivity index (χ1v) is 13.0. The van der Waals surface area contributed by atoms with E-state index < -0.39 is 29.5 Å². The van der Waals surface area contributed by atoms with Crippen molar-refractivity contribution < 1.29 is 27.5 Å². The molecule has 0 radical (unpaired) electrons. The highest BCUT2D eigenvalue weighted by Gasteiger charge is 2.45. The van der Waals surface area contributed by atoms with E-state index in [9.17, 15) is 22.8 Å². The number of carbonyl (C=O) groups excluding carboxylic acids is 2. The molecule has 8 nitrogen and oxygen atoms in total. The second kappa shape index (κ2) is 10.0. The van der Waals surface area contributed by atoms with Gasteiger partial charge in [0.2, 0.25) is 5.91 Å². The lowest BCUT2D eigenvalue weighted by Crippen LogP contribution is -2.51. The third-order valence-electron chi connectivity index (χ3n) is 6.49. The molecule has 4 rings (SSSR count). The fourth-order valence-electron chi connectivity index (χ4n) is 4.69. The van der Waals surface area contributed by atoms with Crippen LogP contribution >= 0.6 is 11.8 Å².